The van der Waals surface area contributed by atoms with E-state index >= 15 is 0 Å². The van der Waals surface area contributed by atoms with Crippen molar-refractivity contribution in [1.82, 2.24) is 0 Å². The van der Waals surface area contributed by atoms with E-state index in [1.54, 1.807) is 0 Å². The van der Waals surface area contributed by atoms with Crippen LogP contribution in [-0.2, 0) is 4.74 Å². The lowest BCUT2D eigenvalue weighted by molar-refractivity contribution is 0.221. The Morgan fingerprint density at radius 1 is 1.29 bits per heavy atom. The summed E-state index contributed by atoms with van der Waals surface area (Å²) in [6.07, 6.45) is 3.03. The molecule has 0 spiro atoms. The summed E-state index contributed by atoms with van der Waals surface area (Å²) in [4.78, 5) is 0. The van der Waals surface area contributed by atoms with Crippen LogP contribution < -0.4 is 5.73 Å². The summed E-state index contributed by atoms with van der Waals surface area (Å²) in [6.45, 7) is 0.627. The average molecular weight is 304 g/mol. The van der Waals surface area contributed by atoms with E-state index in [1.807, 2.05) is 0 Å². The molecule has 0 aromatic heterocycles. The van der Waals surface area contributed by atoms with E-state index in [2.05, 4.69) is 15.9 Å². The van der Waals surface area contributed by atoms with Gasteiger partial charge in [0, 0.05) is 10.0 Å². The number of rotatable bonds is 2. The highest BCUT2D eigenvalue weighted by Gasteiger charge is 2.22. The second kappa shape index (κ2) is 5.14. The van der Waals surface area contributed by atoms with Gasteiger partial charge in [-0.15, -0.1) is 0 Å². The molecule has 1 aliphatic rings. The maximum atomic E-state index is 13.7. The Kier molecular flexibility index (Phi) is 3.79. The summed E-state index contributed by atoms with van der Waals surface area (Å²) in [7, 11) is 0. The quantitative estimate of drug-likeness (QED) is 0.908. The minimum Gasteiger partial charge on any atom is -0.501 e. The van der Waals surface area contributed by atoms with Crippen LogP contribution in [-0.4, -0.2) is 6.61 Å². The van der Waals surface area contributed by atoms with Crippen LogP contribution in [0.25, 0.3) is 0 Å². The molecule has 0 radical (unpaired) electrons. The lowest BCUT2D eigenvalue weighted by Crippen LogP contribution is -2.19. The van der Waals surface area contributed by atoms with Gasteiger partial charge >= 0.3 is 0 Å². The smallest absolute Gasteiger partial charge is 0.132 e. The molecule has 0 bridgehead atoms. The largest absolute Gasteiger partial charge is 0.501 e. The third kappa shape index (κ3) is 2.66. The van der Waals surface area contributed by atoms with Gasteiger partial charge in [-0.1, -0.05) is 15.9 Å². The molecule has 0 amide bonds. The number of halogens is 3. The highest BCUT2D eigenvalue weighted by atomic mass is 79.9. The van der Waals surface area contributed by atoms with Crippen molar-refractivity contribution in [3.05, 3.63) is 45.6 Å². The van der Waals surface area contributed by atoms with Crippen molar-refractivity contribution in [1.29, 1.82) is 0 Å². The summed E-state index contributed by atoms with van der Waals surface area (Å²) >= 11 is 3.03. The van der Waals surface area contributed by atoms with Gasteiger partial charge in [0.05, 0.1) is 18.9 Å². The Morgan fingerprint density at radius 2 is 1.94 bits per heavy atom. The van der Waals surface area contributed by atoms with Gasteiger partial charge in [0.1, 0.15) is 11.6 Å². The van der Waals surface area contributed by atoms with Gasteiger partial charge in [0.25, 0.3) is 0 Å². The molecule has 1 atom stereocenters. The van der Waals surface area contributed by atoms with Crippen LogP contribution in [0.15, 0.2) is 28.4 Å². The predicted octanol–water partition coefficient (Wildman–Crippen LogP) is 3.42. The molecule has 1 aliphatic heterocycles. The minimum atomic E-state index is -0.789. The van der Waals surface area contributed by atoms with Gasteiger partial charge in [-0.2, -0.15) is 0 Å². The molecule has 0 saturated heterocycles. The van der Waals surface area contributed by atoms with E-state index in [1.165, 1.54) is 18.4 Å². The first-order chi connectivity index (χ1) is 8.09. The van der Waals surface area contributed by atoms with Crippen LogP contribution >= 0.6 is 15.9 Å². The molecule has 2 nitrogen and oxygen atoms in total. The van der Waals surface area contributed by atoms with Crippen LogP contribution in [0, 0.1) is 11.6 Å². The topological polar surface area (TPSA) is 35.2 Å². The van der Waals surface area contributed by atoms with Gasteiger partial charge in [-0.05, 0) is 30.5 Å². The lowest BCUT2D eigenvalue weighted by Gasteiger charge is -2.21. The first-order valence-corrected chi connectivity index (χ1v) is 6.09. The van der Waals surface area contributed by atoms with Crippen molar-refractivity contribution in [2.75, 3.05) is 6.61 Å². The third-order valence-corrected chi connectivity index (χ3v) is 3.17. The summed E-state index contributed by atoms with van der Waals surface area (Å²) in [6, 6.07) is 1.63. The van der Waals surface area contributed by atoms with E-state index in [4.69, 9.17) is 10.5 Å². The fourth-order valence-electron chi connectivity index (χ4n) is 1.85. The SMILES string of the molecule is NC(C1=COCCC1)c1c(F)cc(Br)cc1F. The zero-order chi connectivity index (χ0) is 12.4. The van der Waals surface area contributed by atoms with Crippen LogP contribution in [0.3, 0.4) is 0 Å². The summed E-state index contributed by atoms with van der Waals surface area (Å²) in [5, 5.41) is 0. The van der Waals surface area contributed by atoms with E-state index in [-0.39, 0.29) is 5.56 Å². The first kappa shape index (κ1) is 12.5. The van der Waals surface area contributed by atoms with Gasteiger partial charge in [-0.25, -0.2) is 8.78 Å². The highest BCUT2D eigenvalue weighted by molar-refractivity contribution is 9.10. The Labute approximate surface area is 107 Å². The van der Waals surface area contributed by atoms with Crippen molar-refractivity contribution in [3.63, 3.8) is 0 Å². The highest BCUT2D eigenvalue weighted by Crippen LogP contribution is 2.30. The summed E-state index contributed by atoms with van der Waals surface area (Å²) in [5.74, 6) is -1.29. The molecule has 1 aromatic carbocycles. The second-order valence-corrected chi connectivity index (χ2v) is 4.84. The average Bonchev–Trinajstić information content (AvgIpc) is 2.28. The van der Waals surface area contributed by atoms with Crippen molar-refractivity contribution < 1.29 is 13.5 Å². The third-order valence-electron chi connectivity index (χ3n) is 2.72. The molecule has 2 N–H and O–H groups in total. The fraction of sp³-hybridized carbons (Fsp3) is 0.333. The zero-order valence-corrected chi connectivity index (χ0v) is 10.6. The Balaban J connectivity index is 2.36. The molecule has 1 heterocycles. The lowest BCUT2D eigenvalue weighted by atomic mass is 9.95. The molecule has 1 unspecified atom stereocenters. The number of nitrogens with two attached hydrogens (primary N) is 1. The maximum Gasteiger partial charge on any atom is 0.132 e. The fourth-order valence-corrected chi connectivity index (χ4v) is 2.25. The van der Waals surface area contributed by atoms with Gasteiger partial charge in [0.2, 0.25) is 0 Å². The van der Waals surface area contributed by atoms with Crippen molar-refractivity contribution in [3.8, 4) is 0 Å². The van der Waals surface area contributed by atoms with E-state index < -0.39 is 17.7 Å². The van der Waals surface area contributed by atoms with Gasteiger partial charge in [-0.3, -0.25) is 0 Å². The number of hydrogen-bond acceptors (Lipinski definition) is 2. The Bertz CT molecular complexity index is 439. The van der Waals surface area contributed by atoms with Crippen LogP contribution in [0.2, 0.25) is 0 Å². The van der Waals surface area contributed by atoms with Crippen LogP contribution in [0.1, 0.15) is 24.4 Å². The standard InChI is InChI=1S/C12H12BrF2NO/c13-8-4-9(14)11(10(15)5-8)12(16)7-2-1-3-17-6-7/h4-6,12H,1-3,16H2. The maximum absolute atomic E-state index is 13.7. The Morgan fingerprint density at radius 3 is 2.47 bits per heavy atom. The van der Waals surface area contributed by atoms with Crippen molar-refractivity contribution in [2.45, 2.75) is 18.9 Å². The summed E-state index contributed by atoms with van der Waals surface area (Å²) in [5.41, 5.74) is 6.49. The van der Waals surface area contributed by atoms with E-state index in [0.717, 1.165) is 12.0 Å². The first-order valence-electron chi connectivity index (χ1n) is 5.30. The monoisotopic (exact) mass is 303 g/mol. The Hall–Kier alpha value is -0.940. The summed E-state index contributed by atoms with van der Waals surface area (Å²) < 4.78 is 32.9. The minimum absolute atomic E-state index is 0.107. The van der Waals surface area contributed by atoms with E-state index in [0.29, 0.717) is 17.5 Å². The molecule has 5 heteroatoms. The molecule has 0 saturated carbocycles. The molecule has 17 heavy (non-hydrogen) atoms. The van der Waals surface area contributed by atoms with Crippen LogP contribution in [0.5, 0.6) is 0 Å². The zero-order valence-electron chi connectivity index (χ0n) is 9.05. The van der Waals surface area contributed by atoms with Gasteiger partial charge < -0.3 is 10.5 Å². The van der Waals surface area contributed by atoms with Crippen LogP contribution in [0.4, 0.5) is 8.78 Å². The van der Waals surface area contributed by atoms with Gasteiger partial charge in [0.15, 0.2) is 0 Å². The second-order valence-electron chi connectivity index (χ2n) is 3.93. The molecule has 92 valence electrons. The molecule has 1 aromatic rings. The number of hydrogen-bond donors (Lipinski definition) is 1. The number of benzene rings is 1. The number of ether oxygens (including phenoxy) is 1. The molecule has 2 rings (SSSR count). The van der Waals surface area contributed by atoms with E-state index in [9.17, 15) is 8.78 Å². The molecule has 0 aliphatic carbocycles. The predicted molar refractivity (Wildman–Crippen MR) is 64.3 cm³/mol. The molecular weight excluding hydrogens is 292 g/mol. The molecule has 0 fully saturated rings. The van der Waals surface area contributed by atoms with Crippen molar-refractivity contribution >= 4 is 15.9 Å². The molecular formula is C12H12BrF2NO. The van der Waals surface area contributed by atoms with Crippen molar-refractivity contribution in [2.24, 2.45) is 5.73 Å². The normalized spacial score (nSPS) is 17.3.